The standard InChI is InChI=1S/C17H19ClN2O3/c1-12-5-6-14(10-16(12)18)19-17(22)7-8-20(13(2)21)11-15-4-3-9-23-15/h3-6,9-10H,7-8,11H2,1-2H3,(H,19,22). The third kappa shape index (κ3) is 5.14. The zero-order valence-electron chi connectivity index (χ0n) is 13.1. The quantitative estimate of drug-likeness (QED) is 0.877. The largest absolute Gasteiger partial charge is 0.467 e. The van der Waals surface area contributed by atoms with Gasteiger partial charge in [0.15, 0.2) is 0 Å². The second-order valence-corrected chi connectivity index (χ2v) is 5.69. The molecule has 2 amide bonds. The van der Waals surface area contributed by atoms with E-state index in [0.29, 0.717) is 29.6 Å². The Kier molecular flexibility index (Phi) is 5.82. The molecule has 0 aliphatic heterocycles. The summed E-state index contributed by atoms with van der Waals surface area (Å²) in [5, 5.41) is 3.38. The fraction of sp³-hybridized carbons (Fsp3) is 0.294. The average molecular weight is 335 g/mol. The molecule has 23 heavy (non-hydrogen) atoms. The van der Waals surface area contributed by atoms with E-state index in [1.54, 1.807) is 35.4 Å². The van der Waals surface area contributed by atoms with Crippen LogP contribution in [0.25, 0.3) is 0 Å². The first-order chi connectivity index (χ1) is 11.0. The molecule has 2 aromatic rings. The van der Waals surface area contributed by atoms with Crippen LogP contribution < -0.4 is 5.32 Å². The van der Waals surface area contributed by atoms with Crippen LogP contribution in [0.4, 0.5) is 5.69 Å². The first-order valence-corrected chi connectivity index (χ1v) is 7.67. The number of halogens is 1. The minimum absolute atomic E-state index is 0.104. The van der Waals surface area contributed by atoms with Crippen LogP contribution >= 0.6 is 11.6 Å². The smallest absolute Gasteiger partial charge is 0.226 e. The lowest BCUT2D eigenvalue weighted by Gasteiger charge is -2.19. The monoisotopic (exact) mass is 334 g/mol. The molecule has 1 N–H and O–H groups in total. The summed E-state index contributed by atoms with van der Waals surface area (Å²) < 4.78 is 5.23. The van der Waals surface area contributed by atoms with Crippen LogP contribution in [-0.4, -0.2) is 23.3 Å². The molecule has 6 heteroatoms. The summed E-state index contributed by atoms with van der Waals surface area (Å²) in [6.45, 7) is 4.04. The van der Waals surface area contributed by atoms with E-state index in [1.807, 2.05) is 13.0 Å². The first kappa shape index (κ1) is 17.1. The van der Waals surface area contributed by atoms with Crippen LogP contribution in [0, 0.1) is 6.92 Å². The number of benzene rings is 1. The summed E-state index contributed by atoms with van der Waals surface area (Å²) in [4.78, 5) is 25.3. The summed E-state index contributed by atoms with van der Waals surface area (Å²) in [5.41, 5.74) is 1.59. The maximum Gasteiger partial charge on any atom is 0.226 e. The highest BCUT2D eigenvalue weighted by atomic mass is 35.5. The fourth-order valence-electron chi connectivity index (χ4n) is 2.07. The topological polar surface area (TPSA) is 62.6 Å². The van der Waals surface area contributed by atoms with Crippen LogP contribution in [0.15, 0.2) is 41.0 Å². The minimum Gasteiger partial charge on any atom is -0.467 e. The van der Waals surface area contributed by atoms with E-state index < -0.39 is 0 Å². The predicted octanol–water partition coefficient (Wildman–Crippen LogP) is 3.62. The molecule has 1 aromatic carbocycles. The molecule has 0 saturated heterocycles. The van der Waals surface area contributed by atoms with Crippen LogP contribution in [0.3, 0.4) is 0 Å². The number of amides is 2. The fourth-order valence-corrected chi connectivity index (χ4v) is 2.25. The summed E-state index contributed by atoms with van der Waals surface area (Å²) in [6, 6.07) is 8.91. The molecule has 0 spiro atoms. The van der Waals surface area contributed by atoms with Gasteiger partial charge in [0.2, 0.25) is 11.8 Å². The van der Waals surface area contributed by atoms with Gasteiger partial charge in [-0.15, -0.1) is 0 Å². The molecule has 0 bridgehead atoms. The maximum atomic E-state index is 12.0. The van der Waals surface area contributed by atoms with Crippen LogP contribution in [-0.2, 0) is 16.1 Å². The second kappa shape index (κ2) is 7.83. The molecule has 0 saturated carbocycles. The second-order valence-electron chi connectivity index (χ2n) is 5.28. The van der Waals surface area contributed by atoms with Crippen molar-refractivity contribution < 1.29 is 14.0 Å². The van der Waals surface area contributed by atoms with Gasteiger partial charge in [0.25, 0.3) is 0 Å². The number of aryl methyl sites for hydroxylation is 1. The van der Waals surface area contributed by atoms with Crippen LogP contribution in [0.2, 0.25) is 5.02 Å². The van der Waals surface area contributed by atoms with Crippen molar-refractivity contribution in [1.29, 1.82) is 0 Å². The van der Waals surface area contributed by atoms with Gasteiger partial charge in [-0.1, -0.05) is 17.7 Å². The van der Waals surface area contributed by atoms with Gasteiger partial charge in [0.05, 0.1) is 12.8 Å². The van der Waals surface area contributed by atoms with Gasteiger partial charge < -0.3 is 14.6 Å². The summed E-state index contributed by atoms with van der Waals surface area (Å²) in [5.74, 6) is 0.411. The molecule has 0 radical (unpaired) electrons. The van der Waals surface area contributed by atoms with Gasteiger partial charge in [-0.05, 0) is 36.8 Å². The third-order valence-electron chi connectivity index (χ3n) is 3.44. The number of carbonyl (C=O) groups excluding carboxylic acids is 2. The van der Waals surface area contributed by atoms with Crippen LogP contribution in [0.1, 0.15) is 24.7 Å². The van der Waals surface area contributed by atoms with Crippen molar-refractivity contribution in [3.63, 3.8) is 0 Å². The Morgan fingerprint density at radius 2 is 2.09 bits per heavy atom. The molecular weight excluding hydrogens is 316 g/mol. The van der Waals surface area contributed by atoms with Crippen LogP contribution in [0.5, 0.6) is 0 Å². The Morgan fingerprint density at radius 1 is 1.30 bits per heavy atom. The van der Waals surface area contributed by atoms with Crippen molar-refractivity contribution >= 4 is 29.1 Å². The van der Waals surface area contributed by atoms with Gasteiger partial charge in [0, 0.05) is 30.6 Å². The lowest BCUT2D eigenvalue weighted by atomic mass is 10.2. The van der Waals surface area contributed by atoms with Crippen molar-refractivity contribution in [2.75, 3.05) is 11.9 Å². The van der Waals surface area contributed by atoms with Crippen molar-refractivity contribution in [1.82, 2.24) is 4.90 Å². The zero-order valence-corrected chi connectivity index (χ0v) is 13.9. The summed E-state index contributed by atoms with van der Waals surface area (Å²) in [6.07, 6.45) is 1.76. The number of hydrogen-bond acceptors (Lipinski definition) is 3. The van der Waals surface area contributed by atoms with E-state index in [1.165, 1.54) is 6.92 Å². The number of nitrogens with zero attached hydrogens (tertiary/aromatic N) is 1. The van der Waals surface area contributed by atoms with E-state index in [9.17, 15) is 9.59 Å². The lowest BCUT2D eigenvalue weighted by Crippen LogP contribution is -2.31. The van der Waals surface area contributed by atoms with Crippen molar-refractivity contribution in [2.24, 2.45) is 0 Å². The highest BCUT2D eigenvalue weighted by molar-refractivity contribution is 6.31. The number of carbonyl (C=O) groups is 2. The maximum absolute atomic E-state index is 12.0. The van der Waals surface area contributed by atoms with Gasteiger partial charge in [-0.3, -0.25) is 9.59 Å². The molecule has 0 aliphatic rings. The molecule has 0 aliphatic carbocycles. The van der Waals surface area contributed by atoms with Gasteiger partial charge in [0.1, 0.15) is 5.76 Å². The first-order valence-electron chi connectivity index (χ1n) is 7.29. The molecule has 2 rings (SSSR count). The molecule has 122 valence electrons. The van der Waals surface area contributed by atoms with Gasteiger partial charge in [-0.25, -0.2) is 0 Å². The highest BCUT2D eigenvalue weighted by Crippen LogP contribution is 2.20. The predicted molar refractivity (Wildman–Crippen MR) is 89.2 cm³/mol. The molecule has 0 fully saturated rings. The molecule has 5 nitrogen and oxygen atoms in total. The summed E-state index contributed by atoms with van der Waals surface area (Å²) in [7, 11) is 0. The van der Waals surface area contributed by atoms with Crippen molar-refractivity contribution in [3.8, 4) is 0 Å². The zero-order chi connectivity index (χ0) is 16.8. The highest BCUT2D eigenvalue weighted by Gasteiger charge is 2.13. The van der Waals surface area contributed by atoms with E-state index >= 15 is 0 Å². The summed E-state index contributed by atoms with van der Waals surface area (Å²) >= 11 is 6.03. The number of nitrogens with one attached hydrogen (secondary N) is 1. The number of furan rings is 1. The SMILES string of the molecule is CC(=O)N(CCC(=O)Nc1ccc(C)c(Cl)c1)Cc1ccco1. The number of rotatable bonds is 6. The Morgan fingerprint density at radius 3 is 2.70 bits per heavy atom. The van der Waals surface area contributed by atoms with E-state index in [-0.39, 0.29) is 18.2 Å². The normalized spacial score (nSPS) is 10.4. The average Bonchev–Trinajstić information content (AvgIpc) is 3.00. The number of anilines is 1. The Hall–Kier alpha value is -2.27. The van der Waals surface area contributed by atoms with Crippen molar-refractivity contribution in [2.45, 2.75) is 26.8 Å². The Balaban J connectivity index is 1.88. The Bertz CT molecular complexity index is 683. The number of hydrogen-bond donors (Lipinski definition) is 1. The lowest BCUT2D eigenvalue weighted by molar-refractivity contribution is -0.130. The van der Waals surface area contributed by atoms with E-state index in [2.05, 4.69) is 5.32 Å². The van der Waals surface area contributed by atoms with Gasteiger partial charge in [-0.2, -0.15) is 0 Å². The third-order valence-corrected chi connectivity index (χ3v) is 3.84. The molecule has 0 unspecified atom stereocenters. The Labute approximate surface area is 140 Å². The molecule has 1 aromatic heterocycles. The minimum atomic E-state index is -0.171. The van der Waals surface area contributed by atoms with E-state index in [0.717, 1.165) is 5.56 Å². The molecular formula is C17H19ClN2O3. The molecule has 1 heterocycles. The molecule has 0 atom stereocenters. The van der Waals surface area contributed by atoms with Gasteiger partial charge >= 0.3 is 0 Å². The van der Waals surface area contributed by atoms with E-state index in [4.69, 9.17) is 16.0 Å². The van der Waals surface area contributed by atoms with Crippen molar-refractivity contribution in [3.05, 3.63) is 52.9 Å².